The van der Waals surface area contributed by atoms with Crippen LogP contribution in [0.3, 0.4) is 0 Å². The van der Waals surface area contributed by atoms with Gasteiger partial charge < -0.3 is 25.4 Å². The van der Waals surface area contributed by atoms with Crippen molar-refractivity contribution in [3.05, 3.63) is 42.5 Å². The molecule has 3 N–H and O–H groups in total. The highest BCUT2D eigenvalue weighted by Gasteiger charge is 2.24. The summed E-state index contributed by atoms with van der Waals surface area (Å²) < 4.78 is 10.7. The molecule has 2 atom stereocenters. The topological polar surface area (TPSA) is 88.7 Å². The van der Waals surface area contributed by atoms with Gasteiger partial charge in [0.25, 0.3) is 5.91 Å². The largest absolute Gasteiger partial charge is 0.497 e. The lowest BCUT2D eigenvalue weighted by atomic mass is 10.2. The van der Waals surface area contributed by atoms with E-state index in [2.05, 4.69) is 16.0 Å². The zero-order valence-corrected chi connectivity index (χ0v) is 14.8. The third kappa shape index (κ3) is 3.88. The number of ether oxygens (including phenoxy) is 2. The first kappa shape index (κ1) is 17.6. The first-order valence-electron chi connectivity index (χ1n) is 8.29. The number of carbonyl (C=O) groups excluding carboxylic acids is 2. The standard InChI is InChI=1S/C19H21N3O4/c1-11(18(23)21-13-5-4-6-15(9-13)25-3)20-14-7-8-17-16(10-14)22-19(24)12(2)26-17/h4-12,20H,1-3H3,(H,21,23)(H,22,24). The van der Waals surface area contributed by atoms with E-state index < -0.39 is 12.1 Å². The lowest BCUT2D eigenvalue weighted by Crippen LogP contribution is -2.34. The molecule has 0 spiro atoms. The molecule has 0 saturated carbocycles. The van der Waals surface area contributed by atoms with Gasteiger partial charge in [0.05, 0.1) is 12.8 Å². The van der Waals surface area contributed by atoms with E-state index >= 15 is 0 Å². The second kappa shape index (κ2) is 7.35. The quantitative estimate of drug-likeness (QED) is 0.767. The summed E-state index contributed by atoms with van der Waals surface area (Å²) in [6.07, 6.45) is -0.520. The smallest absolute Gasteiger partial charge is 0.265 e. The first-order chi connectivity index (χ1) is 12.5. The number of rotatable bonds is 5. The first-order valence-corrected chi connectivity index (χ1v) is 8.29. The van der Waals surface area contributed by atoms with Crippen molar-refractivity contribution in [2.45, 2.75) is 26.0 Å². The summed E-state index contributed by atoms with van der Waals surface area (Å²) in [5.74, 6) is 0.891. The maximum absolute atomic E-state index is 12.4. The van der Waals surface area contributed by atoms with Crippen molar-refractivity contribution in [3.63, 3.8) is 0 Å². The summed E-state index contributed by atoms with van der Waals surface area (Å²) in [4.78, 5) is 24.1. The van der Waals surface area contributed by atoms with Gasteiger partial charge in [0.2, 0.25) is 5.91 Å². The number of benzene rings is 2. The van der Waals surface area contributed by atoms with Gasteiger partial charge in [-0.15, -0.1) is 0 Å². The Morgan fingerprint density at radius 2 is 2.04 bits per heavy atom. The zero-order valence-electron chi connectivity index (χ0n) is 14.8. The maximum atomic E-state index is 12.4. The van der Waals surface area contributed by atoms with Crippen molar-refractivity contribution in [1.82, 2.24) is 0 Å². The Labute approximate surface area is 151 Å². The summed E-state index contributed by atoms with van der Waals surface area (Å²) in [5.41, 5.74) is 1.94. The van der Waals surface area contributed by atoms with Crippen LogP contribution in [-0.4, -0.2) is 31.1 Å². The molecule has 0 saturated heterocycles. The molecular formula is C19H21N3O4. The second-order valence-corrected chi connectivity index (χ2v) is 6.05. The zero-order chi connectivity index (χ0) is 18.7. The van der Waals surface area contributed by atoms with E-state index in [1.54, 1.807) is 57.4 Å². The number of hydrogen-bond donors (Lipinski definition) is 3. The van der Waals surface area contributed by atoms with Gasteiger partial charge in [-0.3, -0.25) is 9.59 Å². The molecule has 1 heterocycles. The highest BCUT2D eigenvalue weighted by molar-refractivity contribution is 5.99. The molecule has 7 nitrogen and oxygen atoms in total. The van der Waals surface area contributed by atoms with Crippen molar-refractivity contribution >= 4 is 28.9 Å². The van der Waals surface area contributed by atoms with Gasteiger partial charge in [-0.25, -0.2) is 0 Å². The van der Waals surface area contributed by atoms with Gasteiger partial charge in [0.15, 0.2) is 6.10 Å². The van der Waals surface area contributed by atoms with Crippen LogP contribution < -0.4 is 25.4 Å². The van der Waals surface area contributed by atoms with Gasteiger partial charge >= 0.3 is 0 Å². The third-order valence-corrected chi connectivity index (χ3v) is 4.02. The Kier molecular flexibility index (Phi) is 4.97. The molecule has 136 valence electrons. The predicted molar refractivity (Wildman–Crippen MR) is 99.9 cm³/mol. The lowest BCUT2D eigenvalue weighted by Gasteiger charge is -2.24. The van der Waals surface area contributed by atoms with Gasteiger partial charge in [-0.05, 0) is 44.2 Å². The SMILES string of the molecule is COc1cccc(NC(=O)C(C)Nc2ccc3c(c2)NC(=O)C(C)O3)c1. The van der Waals surface area contributed by atoms with Crippen molar-refractivity contribution < 1.29 is 19.1 Å². The van der Waals surface area contributed by atoms with Crippen molar-refractivity contribution in [1.29, 1.82) is 0 Å². The van der Waals surface area contributed by atoms with E-state index in [0.717, 1.165) is 0 Å². The molecule has 2 unspecified atom stereocenters. The maximum Gasteiger partial charge on any atom is 0.265 e. The molecule has 1 aliphatic heterocycles. The highest BCUT2D eigenvalue weighted by Crippen LogP contribution is 2.32. The monoisotopic (exact) mass is 355 g/mol. The Hall–Kier alpha value is -3.22. The minimum Gasteiger partial charge on any atom is -0.497 e. The molecule has 1 aliphatic rings. The lowest BCUT2D eigenvalue weighted by molar-refractivity contribution is -0.122. The molecule has 0 aliphatic carbocycles. The molecule has 2 amide bonds. The fourth-order valence-electron chi connectivity index (χ4n) is 2.57. The Morgan fingerprint density at radius 1 is 1.23 bits per heavy atom. The predicted octanol–water partition coefficient (Wildman–Crippen LogP) is 2.85. The Balaban J connectivity index is 1.65. The number of carbonyl (C=O) groups is 2. The van der Waals surface area contributed by atoms with E-state index in [1.807, 2.05) is 6.07 Å². The van der Waals surface area contributed by atoms with Crippen LogP contribution in [0.5, 0.6) is 11.5 Å². The molecule has 2 aromatic rings. The molecule has 3 rings (SSSR count). The van der Waals surface area contributed by atoms with E-state index in [9.17, 15) is 9.59 Å². The molecule has 0 aromatic heterocycles. The van der Waals surface area contributed by atoms with E-state index in [1.165, 1.54) is 0 Å². The van der Waals surface area contributed by atoms with Gasteiger partial charge in [-0.1, -0.05) is 6.07 Å². The van der Waals surface area contributed by atoms with Gasteiger partial charge in [-0.2, -0.15) is 0 Å². The number of nitrogens with one attached hydrogen (secondary N) is 3. The van der Waals surface area contributed by atoms with Crippen LogP contribution in [-0.2, 0) is 9.59 Å². The van der Waals surface area contributed by atoms with Crippen LogP contribution in [0.15, 0.2) is 42.5 Å². The Bertz CT molecular complexity index is 837. The fourth-order valence-corrected chi connectivity index (χ4v) is 2.57. The second-order valence-electron chi connectivity index (χ2n) is 6.05. The molecule has 0 bridgehead atoms. The number of fused-ring (bicyclic) bond motifs is 1. The normalized spacial score (nSPS) is 16.6. The highest BCUT2D eigenvalue weighted by atomic mass is 16.5. The molecule has 7 heteroatoms. The van der Waals surface area contributed by atoms with Crippen LogP contribution >= 0.6 is 0 Å². The summed E-state index contributed by atoms with van der Waals surface area (Å²) >= 11 is 0. The number of hydrogen-bond acceptors (Lipinski definition) is 5. The Morgan fingerprint density at radius 3 is 2.81 bits per heavy atom. The van der Waals surface area contributed by atoms with E-state index in [0.29, 0.717) is 28.6 Å². The third-order valence-electron chi connectivity index (χ3n) is 4.02. The summed E-state index contributed by atoms with van der Waals surface area (Å²) in [6.45, 7) is 3.45. The average molecular weight is 355 g/mol. The molecule has 0 radical (unpaired) electrons. The van der Waals surface area contributed by atoms with Crippen LogP contribution in [0.2, 0.25) is 0 Å². The van der Waals surface area contributed by atoms with Crippen molar-refractivity contribution in [2.75, 3.05) is 23.1 Å². The summed E-state index contributed by atoms with van der Waals surface area (Å²) in [7, 11) is 1.57. The molecular weight excluding hydrogens is 334 g/mol. The van der Waals surface area contributed by atoms with Gasteiger partial charge in [0.1, 0.15) is 17.5 Å². The minimum absolute atomic E-state index is 0.190. The van der Waals surface area contributed by atoms with Crippen LogP contribution in [0.4, 0.5) is 17.1 Å². The number of amides is 2. The summed E-state index contributed by atoms with van der Waals surface area (Å²) in [6, 6.07) is 12.0. The molecule has 0 fully saturated rings. The summed E-state index contributed by atoms with van der Waals surface area (Å²) in [5, 5.41) is 8.74. The van der Waals surface area contributed by atoms with E-state index in [4.69, 9.17) is 9.47 Å². The molecule has 2 aromatic carbocycles. The average Bonchev–Trinajstić information content (AvgIpc) is 2.63. The van der Waals surface area contributed by atoms with Crippen molar-refractivity contribution in [3.8, 4) is 11.5 Å². The fraction of sp³-hybridized carbons (Fsp3) is 0.263. The number of anilines is 3. The van der Waals surface area contributed by atoms with Crippen LogP contribution in [0.25, 0.3) is 0 Å². The molecule has 26 heavy (non-hydrogen) atoms. The van der Waals surface area contributed by atoms with Gasteiger partial charge in [0, 0.05) is 17.4 Å². The van der Waals surface area contributed by atoms with Crippen LogP contribution in [0, 0.1) is 0 Å². The minimum atomic E-state index is -0.520. The number of methoxy groups -OCH3 is 1. The van der Waals surface area contributed by atoms with Crippen LogP contribution in [0.1, 0.15) is 13.8 Å². The van der Waals surface area contributed by atoms with E-state index in [-0.39, 0.29) is 11.8 Å². The van der Waals surface area contributed by atoms with Crippen molar-refractivity contribution in [2.24, 2.45) is 0 Å².